The van der Waals surface area contributed by atoms with Gasteiger partial charge in [-0.05, 0) is 24.7 Å². The number of carbonyl (C=O) groups excluding carboxylic acids is 2. The van der Waals surface area contributed by atoms with Gasteiger partial charge in [-0.2, -0.15) is 0 Å². The van der Waals surface area contributed by atoms with E-state index in [-0.39, 0.29) is 30.2 Å². The molecular formula is C15H24N2O4. The van der Waals surface area contributed by atoms with Gasteiger partial charge in [-0.25, -0.2) is 0 Å². The molecule has 2 N–H and O–H groups in total. The van der Waals surface area contributed by atoms with E-state index in [4.69, 9.17) is 0 Å². The first kappa shape index (κ1) is 15.8. The van der Waals surface area contributed by atoms with Crippen molar-refractivity contribution in [1.82, 2.24) is 10.2 Å². The summed E-state index contributed by atoms with van der Waals surface area (Å²) in [6, 6.07) is -0.496. The molecule has 118 valence electrons. The normalized spacial score (nSPS) is 27.6. The summed E-state index contributed by atoms with van der Waals surface area (Å²) in [6.45, 7) is 3.98. The maximum Gasteiger partial charge on any atom is 0.308 e. The Bertz CT molecular complexity index is 431. The molecule has 0 radical (unpaired) electrons. The molecule has 21 heavy (non-hydrogen) atoms. The van der Waals surface area contributed by atoms with Crippen LogP contribution in [0.5, 0.6) is 0 Å². The zero-order chi connectivity index (χ0) is 15.6. The van der Waals surface area contributed by atoms with E-state index in [2.05, 4.69) is 5.32 Å². The molecule has 0 spiro atoms. The first-order valence-electron chi connectivity index (χ1n) is 7.69. The Hall–Kier alpha value is -1.59. The standard InChI is InChI=1S/C15H24N2O4/c1-9-7-17(8-12(9)15(20)21)14(19)13(16-10(2)18)11-5-3-4-6-11/h9,11-13H,3-8H2,1-2H3,(H,16,18)(H,20,21)/t9-,12-,13?/m1/s1. The van der Waals surface area contributed by atoms with Crippen LogP contribution in [-0.4, -0.2) is 46.9 Å². The van der Waals surface area contributed by atoms with Crippen LogP contribution in [0.15, 0.2) is 0 Å². The molecule has 0 bridgehead atoms. The van der Waals surface area contributed by atoms with Gasteiger partial charge in [0, 0.05) is 20.0 Å². The smallest absolute Gasteiger partial charge is 0.308 e. The number of rotatable bonds is 4. The zero-order valence-corrected chi connectivity index (χ0v) is 12.7. The van der Waals surface area contributed by atoms with Crippen LogP contribution in [-0.2, 0) is 14.4 Å². The first-order valence-corrected chi connectivity index (χ1v) is 7.69. The predicted octanol–water partition coefficient (Wildman–Crippen LogP) is 0.860. The van der Waals surface area contributed by atoms with Crippen LogP contribution < -0.4 is 5.32 Å². The van der Waals surface area contributed by atoms with E-state index < -0.39 is 17.9 Å². The average Bonchev–Trinajstić information content (AvgIpc) is 3.03. The van der Waals surface area contributed by atoms with Crippen molar-refractivity contribution in [3.05, 3.63) is 0 Å². The molecule has 0 aromatic rings. The molecule has 3 atom stereocenters. The molecule has 2 fully saturated rings. The van der Waals surface area contributed by atoms with E-state index in [1.54, 1.807) is 4.90 Å². The third-order valence-electron chi connectivity index (χ3n) is 4.74. The lowest BCUT2D eigenvalue weighted by atomic mass is 9.96. The molecule has 0 aromatic carbocycles. The minimum Gasteiger partial charge on any atom is -0.481 e. The summed E-state index contributed by atoms with van der Waals surface area (Å²) in [7, 11) is 0. The summed E-state index contributed by atoms with van der Waals surface area (Å²) in [5.74, 6) is -1.55. The van der Waals surface area contributed by atoms with Gasteiger partial charge < -0.3 is 15.3 Å². The molecule has 6 heteroatoms. The third-order valence-corrected chi connectivity index (χ3v) is 4.74. The largest absolute Gasteiger partial charge is 0.481 e. The van der Waals surface area contributed by atoms with Crippen molar-refractivity contribution in [1.29, 1.82) is 0 Å². The highest BCUT2D eigenvalue weighted by Gasteiger charge is 2.41. The van der Waals surface area contributed by atoms with Gasteiger partial charge in [0.2, 0.25) is 11.8 Å². The van der Waals surface area contributed by atoms with Crippen LogP contribution in [0.3, 0.4) is 0 Å². The predicted molar refractivity (Wildman–Crippen MR) is 76.4 cm³/mol. The van der Waals surface area contributed by atoms with Crippen molar-refractivity contribution in [2.24, 2.45) is 17.8 Å². The minimum atomic E-state index is -0.852. The fourth-order valence-electron chi connectivity index (χ4n) is 3.56. The van der Waals surface area contributed by atoms with Gasteiger partial charge in [0.15, 0.2) is 0 Å². The topological polar surface area (TPSA) is 86.7 Å². The Kier molecular flexibility index (Phi) is 4.85. The number of carbonyl (C=O) groups is 3. The van der Waals surface area contributed by atoms with Gasteiger partial charge in [0.05, 0.1) is 5.92 Å². The van der Waals surface area contributed by atoms with Crippen LogP contribution in [0.25, 0.3) is 0 Å². The number of amides is 2. The molecule has 1 aliphatic heterocycles. The minimum absolute atomic E-state index is 0.0481. The van der Waals surface area contributed by atoms with Crippen molar-refractivity contribution in [3.63, 3.8) is 0 Å². The number of carboxylic acid groups (broad SMARTS) is 1. The van der Waals surface area contributed by atoms with E-state index in [1.807, 2.05) is 6.92 Å². The van der Waals surface area contributed by atoms with Crippen molar-refractivity contribution in [2.75, 3.05) is 13.1 Å². The Balaban J connectivity index is 2.07. The second-order valence-corrected chi connectivity index (χ2v) is 6.39. The second-order valence-electron chi connectivity index (χ2n) is 6.39. The molecule has 1 unspecified atom stereocenters. The fourth-order valence-corrected chi connectivity index (χ4v) is 3.56. The van der Waals surface area contributed by atoms with Crippen LogP contribution >= 0.6 is 0 Å². The number of hydrogen-bond acceptors (Lipinski definition) is 3. The van der Waals surface area contributed by atoms with E-state index in [0.717, 1.165) is 25.7 Å². The lowest BCUT2D eigenvalue weighted by Crippen LogP contribution is -2.51. The molecule has 1 saturated heterocycles. The molecule has 1 aliphatic carbocycles. The Morgan fingerprint density at radius 1 is 1.19 bits per heavy atom. The quantitative estimate of drug-likeness (QED) is 0.805. The summed E-state index contributed by atoms with van der Waals surface area (Å²) < 4.78 is 0. The monoisotopic (exact) mass is 296 g/mol. The van der Waals surface area contributed by atoms with E-state index >= 15 is 0 Å². The zero-order valence-electron chi connectivity index (χ0n) is 12.7. The third kappa shape index (κ3) is 3.54. The number of carboxylic acids is 1. The summed E-state index contributed by atoms with van der Waals surface area (Å²) in [6.07, 6.45) is 4.06. The lowest BCUT2D eigenvalue weighted by molar-refractivity contribution is -0.142. The Morgan fingerprint density at radius 3 is 2.29 bits per heavy atom. The van der Waals surface area contributed by atoms with Gasteiger partial charge in [0.25, 0.3) is 0 Å². The Labute approximate surface area is 124 Å². The maximum absolute atomic E-state index is 12.7. The van der Waals surface area contributed by atoms with Crippen molar-refractivity contribution < 1.29 is 19.5 Å². The van der Waals surface area contributed by atoms with E-state index in [1.165, 1.54) is 6.92 Å². The highest BCUT2D eigenvalue weighted by molar-refractivity contribution is 5.88. The molecular weight excluding hydrogens is 272 g/mol. The van der Waals surface area contributed by atoms with Crippen molar-refractivity contribution >= 4 is 17.8 Å². The van der Waals surface area contributed by atoms with Gasteiger partial charge in [-0.3, -0.25) is 14.4 Å². The fraction of sp³-hybridized carbons (Fsp3) is 0.800. The molecule has 2 rings (SSSR count). The molecule has 1 saturated carbocycles. The van der Waals surface area contributed by atoms with Crippen LogP contribution in [0, 0.1) is 17.8 Å². The molecule has 1 heterocycles. The second kappa shape index (κ2) is 6.45. The van der Waals surface area contributed by atoms with E-state index in [9.17, 15) is 19.5 Å². The van der Waals surface area contributed by atoms with Crippen LogP contribution in [0.1, 0.15) is 39.5 Å². The summed E-state index contributed by atoms with van der Waals surface area (Å²) in [5.41, 5.74) is 0. The van der Waals surface area contributed by atoms with Gasteiger partial charge in [-0.1, -0.05) is 19.8 Å². The van der Waals surface area contributed by atoms with Gasteiger partial charge in [-0.15, -0.1) is 0 Å². The average molecular weight is 296 g/mol. The molecule has 2 aliphatic rings. The highest BCUT2D eigenvalue weighted by atomic mass is 16.4. The molecule has 6 nitrogen and oxygen atoms in total. The van der Waals surface area contributed by atoms with Crippen LogP contribution in [0.4, 0.5) is 0 Å². The number of aliphatic carboxylic acids is 1. The lowest BCUT2D eigenvalue weighted by Gasteiger charge is -2.28. The van der Waals surface area contributed by atoms with Gasteiger partial charge >= 0.3 is 5.97 Å². The first-order chi connectivity index (χ1) is 9.90. The SMILES string of the molecule is CC(=O)NC(C(=O)N1C[C@@H](C)[C@H](C(=O)O)C1)C1CCCC1. The molecule has 0 aromatic heterocycles. The summed E-state index contributed by atoms with van der Waals surface area (Å²) in [4.78, 5) is 36.9. The van der Waals surface area contributed by atoms with Gasteiger partial charge in [0.1, 0.15) is 6.04 Å². The number of nitrogens with one attached hydrogen (secondary N) is 1. The number of likely N-dealkylation sites (tertiary alicyclic amines) is 1. The maximum atomic E-state index is 12.7. The Morgan fingerprint density at radius 2 is 1.81 bits per heavy atom. The van der Waals surface area contributed by atoms with Crippen molar-refractivity contribution in [2.45, 2.75) is 45.6 Å². The van der Waals surface area contributed by atoms with Crippen LogP contribution in [0.2, 0.25) is 0 Å². The summed E-state index contributed by atoms with van der Waals surface area (Å²) >= 11 is 0. The van der Waals surface area contributed by atoms with E-state index in [0.29, 0.717) is 6.54 Å². The summed E-state index contributed by atoms with van der Waals surface area (Å²) in [5, 5.41) is 12.0. The highest BCUT2D eigenvalue weighted by Crippen LogP contribution is 2.30. The number of nitrogens with zero attached hydrogens (tertiary/aromatic N) is 1. The van der Waals surface area contributed by atoms with Crippen molar-refractivity contribution in [3.8, 4) is 0 Å². The molecule has 2 amide bonds. The number of hydrogen-bond donors (Lipinski definition) is 2.